The highest BCUT2D eigenvalue weighted by molar-refractivity contribution is 7.92. The number of benzene rings is 2. The maximum atomic E-state index is 12.7. The molecule has 0 N–H and O–H groups in total. The molecule has 10 heteroatoms. The minimum absolute atomic E-state index is 0.0794. The Bertz CT molecular complexity index is 1020. The summed E-state index contributed by atoms with van der Waals surface area (Å²) in [5.74, 6) is 0. The molecule has 0 aliphatic carbocycles. The molecule has 1 atom stereocenters. The third-order valence-corrected chi connectivity index (χ3v) is 8.37. The van der Waals surface area contributed by atoms with Crippen molar-refractivity contribution in [2.75, 3.05) is 13.1 Å². The van der Waals surface area contributed by atoms with Crippen LogP contribution in [0.15, 0.2) is 64.4 Å². The molecule has 26 heavy (non-hydrogen) atoms. The van der Waals surface area contributed by atoms with Gasteiger partial charge < -0.3 is 0 Å². The first-order valence-corrected chi connectivity index (χ1v) is 10.7. The predicted molar refractivity (Wildman–Crippen MR) is 93.9 cm³/mol. The standard InChI is InChI=1S/C16H16N2O6S2/c19-18(20)13-6-8-15(9-7-13)26(23,24)17-11-10-16(12-17)25(21,22)14-4-2-1-3-5-14/h1-9,16H,10-12H2. The van der Waals surface area contributed by atoms with Crippen LogP contribution in [0.5, 0.6) is 0 Å². The van der Waals surface area contributed by atoms with Crippen molar-refractivity contribution < 1.29 is 21.8 Å². The molecular formula is C16H16N2O6S2. The number of nitrogens with zero attached hydrogens (tertiary/aromatic N) is 2. The summed E-state index contributed by atoms with van der Waals surface area (Å²) < 4.78 is 51.8. The number of non-ortho nitro benzene ring substituents is 1. The highest BCUT2D eigenvalue weighted by atomic mass is 32.2. The van der Waals surface area contributed by atoms with E-state index in [1.54, 1.807) is 18.2 Å². The Labute approximate surface area is 151 Å². The van der Waals surface area contributed by atoms with Gasteiger partial charge in [-0.3, -0.25) is 10.1 Å². The molecular weight excluding hydrogens is 380 g/mol. The number of sulfone groups is 1. The minimum atomic E-state index is -3.91. The fourth-order valence-electron chi connectivity index (χ4n) is 2.86. The Morgan fingerprint density at radius 2 is 1.54 bits per heavy atom. The molecule has 8 nitrogen and oxygen atoms in total. The number of sulfonamides is 1. The Morgan fingerprint density at radius 3 is 2.12 bits per heavy atom. The highest BCUT2D eigenvalue weighted by Crippen LogP contribution is 2.28. The fourth-order valence-corrected chi connectivity index (χ4v) is 6.17. The van der Waals surface area contributed by atoms with Gasteiger partial charge in [0.2, 0.25) is 10.0 Å². The molecule has 0 aromatic heterocycles. The number of nitro benzene ring substituents is 1. The van der Waals surface area contributed by atoms with Crippen molar-refractivity contribution in [1.82, 2.24) is 4.31 Å². The summed E-state index contributed by atoms with van der Waals surface area (Å²) in [5, 5.41) is 9.86. The Hall–Kier alpha value is -2.30. The zero-order valence-corrected chi connectivity index (χ0v) is 15.2. The minimum Gasteiger partial charge on any atom is -0.258 e. The van der Waals surface area contributed by atoms with Gasteiger partial charge in [0.05, 0.1) is 20.0 Å². The summed E-state index contributed by atoms with van der Waals surface area (Å²) >= 11 is 0. The second-order valence-corrected chi connectivity index (χ2v) is 10.0. The van der Waals surface area contributed by atoms with Crippen LogP contribution in [0.3, 0.4) is 0 Å². The van der Waals surface area contributed by atoms with E-state index in [1.165, 1.54) is 12.1 Å². The molecule has 3 rings (SSSR count). The third-order valence-electron chi connectivity index (χ3n) is 4.30. The SMILES string of the molecule is O=[N+]([O-])c1ccc(S(=O)(=O)N2CCC(S(=O)(=O)c3ccccc3)C2)cc1. The first-order chi connectivity index (χ1) is 12.2. The summed E-state index contributed by atoms with van der Waals surface area (Å²) in [6, 6.07) is 12.5. The molecule has 1 aliphatic rings. The second kappa shape index (κ2) is 6.78. The molecule has 0 amide bonds. The molecule has 0 radical (unpaired) electrons. The van der Waals surface area contributed by atoms with Crippen LogP contribution in [0.25, 0.3) is 0 Å². The highest BCUT2D eigenvalue weighted by Gasteiger charge is 2.39. The normalized spacial score (nSPS) is 18.7. The van der Waals surface area contributed by atoms with Crippen LogP contribution >= 0.6 is 0 Å². The Morgan fingerprint density at radius 1 is 0.923 bits per heavy atom. The summed E-state index contributed by atoms with van der Waals surface area (Å²) in [5.41, 5.74) is -0.213. The van der Waals surface area contributed by atoms with Gasteiger partial charge in [0.1, 0.15) is 0 Å². The molecule has 0 saturated carbocycles. The van der Waals surface area contributed by atoms with E-state index in [-0.39, 0.29) is 35.0 Å². The molecule has 1 aliphatic heterocycles. The van der Waals surface area contributed by atoms with Crippen molar-refractivity contribution in [2.45, 2.75) is 21.5 Å². The van der Waals surface area contributed by atoms with Crippen LogP contribution in [-0.4, -0.2) is 44.4 Å². The van der Waals surface area contributed by atoms with Gasteiger partial charge in [-0.05, 0) is 30.7 Å². The fraction of sp³-hybridized carbons (Fsp3) is 0.250. The second-order valence-electron chi connectivity index (χ2n) is 5.88. The quantitative estimate of drug-likeness (QED) is 0.562. The molecule has 0 spiro atoms. The molecule has 2 aromatic carbocycles. The van der Waals surface area contributed by atoms with E-state index in [2.05, 4.69) is 0 Å². The van der Waals surface area contributed by atoms with E-state index in [0.29, 0.717) is 0 Å². The van der Waals surface area contributed by atoms with Gasteiger partial charge in [0.15, 0.2) is 9.84 Å². The van der Waals surface area contributed by atoms with Crippen LogP contribution in [0.1, 0.15) is 6.42 Å². The first-order valence-electron chi connectivity index (χ1n) is 7.76. The third kappa shape index (κ3) is 3.35. The van der Waals surface area contributed by atoms with Crippen LogP contribution in [0.4, 0.5) is 5.69 Å². The topological polar surface area (TPSA) is 115 Å². The zero-order chi connectivity index (χ0) is 18.9. The van der Waals surface area contributed by atoms with E-state index >= 15 is 0 Å². The summed E-state index contributed by atoms with van der Waals surface area (Å²) in [4.78, 5) is 10.1. The van der Waals surface area contributed by atoms with E-state index < -0.39 is 30.0 Å². The Kier molecular flexibility index (Phi) is 4.82. The monoisotopic (exact) mass is 396 g/mol. The maximum Gasteiger partial charge on any atom is 0.269 e. The zero-order valence-electron chi connectivity index (χ0n) is 13.6. The lowest BCUT2D eigenvalue weighted by molar-refractivity contribution is -0.384. The van der Waals surface area contributed by atoms with Crippen LogP contribution in [0.2, 0.25) is 0 Å². The van der Waals surface area contributed by atoms with Gasteiger partial charge in [-0.1, -0.05) is 18.2 Å². The van der Waals surface area contributed by atoms with Gasteiger partial charge in [-0.25, -0.2) is 16.8 Å². The van der Waals surface area contributed by atoms with Crippen molar-refractivity contribution in [3.63, 3.8) is 0 Å². The Balaban J connectivity index is 1.82. The van der Waals surface area contributed by atoms with E-state index in [9.17, 15) is 26.9 Å². The van der Waals surface area contributed by atoms with Crippen LogP contribution < -0.4 is 0 Å². The molecule has 0 bridgehead atoms. The van der Waals surface area contributed by atoms with E-state index in [4.69, 9.17) is 0 Å². The first kappa shape index (κ1) is 18.5. The lowest BCUT2D eigenvalue weighted by atomic mass is 10.3. The van der Waals surface area contributed by atoms with E-state index in [0.717, 1.165) is 28.6 Å². The van der Waals surface area contributed by atoms with Gasteiger partial charge in [-0.15, -0.1) is 0 Å². The number of hydrogen-bond acceptors (Lipinski definition) is 6. The average molecular weight is 396 g/mol. The molecule has 1 fully saturated rings. The van der Waals surface area contributed by atoms with Crippen molar-refractivity contribution in [3.8, 4) is 0 Å². The van der Waals surface area contributed by atoms with Gasteiger partial charge in [0.25, 0.3) is 5.69 Å². The average Bonchev–Trinajstić information content (AvgIpc) is 3.14. The van der Waals surface area contributed by atoms with Crippen molar-refractivity contribution in [1.29, 1.82) is 0 Å². The van der Waals surface area contributed by atoms with Gasteiger partial charge in [-0.2, -0.15) is 4.31 Å². The summed E-state index contributed by atoms with van der Waals surface area (Å²) in [7, 11) is -7.54. The lowest BCUT2D eigenvalue weighted by Gasteiger charge is -2.17. The molecule has 2 aromatic rings. The van der Waals surface area contributed by atoms with Crippen LogP contribution in [-0.2, 0) is 19.9 Å². The van der Waals surface area contributed by atoms with Crippen molar-refractivity contribution >= 4 is 25.5 Å². The van der Waals surface area contributed by atoms with Gasteiger partial charge in [0, 0.05) is 25.2 Å². The lowest BCUT2D eigenvalue weighted by Crippen LogP contribution is -2.32. The summed E-state index contributed by atoms with van der Waals surface area (Å²) in [6.45, 7) is -0.0629. The molecule has 1 unspecified atom stereocenters. The predicted octanol–water partition coefficient (Wildman–Crippen LogP) is 1.83. The molecule has 138 valence electrons. The number of nitro groups is 1. The van der Waals surface area contributed by atoms with Crippen molar-refractivity contribution in [3.05, 3.63) is 64.7 Å². The van der Waals surface area contributed by atoms with Gasteiger partial charge >= 0.3 is 0 Å². The van der Waals surface area contributed by atoms with Crippen LogP contribution in [0, 0.1) is 10.1 Å². The van der Waals surface area contributed by atoms with Crippen molar-refractivity contribution in [2.24, 2.45) is 0 Å². The molecule has 1 saturated heterocycles. The largest absolute Gasteiger partial charge is 0.269 e. The number of hydrogen-bond donors (Lipinski definition) is 0. The number of rotatable bonds is 5. The summed E-state index contributed by atoms with van der Waals surface area (Å²) in [6.07, 6.45) is 0.198. The maximum absolute atomic E-state index is 12.7. The van der Waals surface area contributed by atoms with E-state index in [1.807, 2.05) is 0 Å². The smallest absolute Gasteiger partial charge is 0.258 e. The molecule has 1 heterocycles.